The molecule has 0 radical (unpaired) electrons. The molecule has 0 aromatic heterocycles. The largest absolute Gasteiger partial charge is 0.466 e. The van der Waals surface area contributed by atoms with Crippen molar-refractivity contribution in [2.24, 2.45) is 0 Å². The molecule has 0 bridgehead atoms. The highest BCUT2D eigenvalue weighted by Gasteiger charge is 2.17. The maximum atomic E-state index is 12.2. The lowest BCUT2D eigenvalue weighted by molar-refractivity contribution is -0.144. The van der Waals surface area contributed by atoms with Gasteiger partial charge in [-0.1, -0.05) is 6.07 Å². The van der Waals surface area contributed by atoms with Gasteiger partial charge >= 0.3 is 5.97 Å². The van der Waals surface area contributed by atoms with Crippen LogP contribution in [0.5, 0.6) is 0 Å². The first kappa shape index (κ1) is 18.9. The number of rotatable bonds is 8. The molecule has 2 amide bonds. The van der Waals surface area contributed by atoms with E-state index < -0.39 is 5.97 Å². The van der Waals surface area contributed by atoms with E-state index in [9.17, 15) is 14.4 Å². The van der Waals surface area contributed by atoms with E-state index in [4.69, 9.17) is 9.47 Å². The molecule has 0 saturated carbocycles. The van der Waals surface area contributed by atoms with Crippen LogP contribution < -0.4 is 10.6 Å². The van der Waals surface area contributed by atoms with Crippen molar-refractivity contribution in [3.05, 3.63) is 29.8 Å². The Morgan fingerprint density at radius 3 is 2.84 bits per heavy atom. The van der Waals surface area contributed by atoms with Gasteiger partial charge in [0.2, 0.25) is 5.91 Å². The quantitative estimate of drug-likeness (QED) is 0.700. The van der Waals surface area contributed by atoms with Crippen LogP contribution in [0.4, 0.5) is 5.69 Å². The molecule has 1 atom stereocenters. The Bertz CT molecular complexity index is 611. The normalized spacial score (nSPS) is 16.3. The lowest BCUT2D eigenvalue weighted by atomic mass is 10.1. The first-order chi connectivity index (χ1) is 12.1. The average molecular weight is 348 g/mol. The minimum absolute atomic E-state index is 0.0290. The fourth-order valence-corrected chi connectivity index (χ4v) is 2.52. The van der Waals surface area contributed by atoms with Gasteiger partial charge in [-0.2, -0.15) is 0 Å². The maximum Gasteiger partial charge on any atom is 0.306 e. The summed E-state index contributed by atoms with van der Waals surface area (Å²) < 4.78 is 10.2. The highest BCUT2D eigenvalue weighted by atomic mass is 16.5. The second-order valence-electron chi connectivity index (χ2n) is 5.78. The number of ether oxygens (including phenoxy) is 2. The summed E-state index contributed by atoms with van der Waals surface area (Å²) in [7, 11) is 0. The maximum absolute atomic E-state index is 12.2. The topological polar surface area (TPSA) is 93.7 Å². The van der Waals surface area contributed by atoms with Crippen LogP contribution in [-0.4, -0.2) is 43.6 Å². The van der Waals surface area contributed by atoms with Crippen molar-refractivity contribution in [3.63, 3.8) is 0 Å². The molecule has 2 N–H and O–H groups in total. The van der Waals surface area contributed by atoms with Gasteiger partial charge in [-0.15, -0.1) is 0 Å². The van der Waals surface area contributed by atoms with Crippen LogP contribution in [0.2, 0.25) is 0 Å². The predicted molar refractivity (Wildman–Crippen MR) is 92.2 cm³/mol. The van der Waals surface area contributed by atoms with Crippen molar-refractivity contribution in [1.82, 2.24) is 5.32 Å². The molecule has 2 rings (SSSR count). The van der Waals surface area contributed by atoms with Crippen LogP contribution in [0.3, 0.4) is 0 Å². The van der Waals surface area contributed by atoms with Crippen molar-refractivity contribution >= 4 is 23.5 Å². The third-order valence-corrected chi connectivity index (χ3v) is 3.78. The molecular formula is C18H24N2O5. The third kappa shape index (κ3) is 6.54. The summed E-state index contributed by atoms with van der Waals surface area (Å²) in [6.07, 6.45) is 2.12. The summed E-state index contributed by atoms with van der Waals surface area (Å²) in [5.41, 5.74) is 0.972. The Labute approximate surface area is 147 Å². The number of hydrogen-bond donors (Lipinski definition) is 2. The van der Waals surface area contributed by atoms with Gasteiger partial charge in [-0.25, -0.2) is 0 Å². The van der Waals surface area contributed by atoms with Crippen molar-refractivity contribution in [2.75, 3.05) is 25.1 Å². The van der Waals surface area contributed by atoms with E-state index in [1.165, 1.54) is 0 Å². The minimum Gasteiger partial charge on any atom is -0.466 e. The Hall–Kier alpha value is -2.41. The molecule has 1 saturated heterocycles. The second kappa shape index (κ2) is 9.78. The third-order valence-electron chi connectivity index (χ3n) is 3.78. The monoisotopic (exact) mass is 348 g/mol. The lowest BCUT2D eigenvalue weighted by Gasteiger charge is -2.11. The smallest absolute Gasteiger partial charge is 0.306 e. The van der Waals surface area contributed by atoms with Gasteiger partial charge in [0.1, 0.15) is 0 Å². The van der Waals surface area contributed by atoms with E-state index in [0.717, 1.165) is 19.4 Å². The van der Waals surface area contributed by atoms with Crippen LogP contribution >= 0.6 is 0 Å². The van der Waals surface area contributed by atoms with Crippen molar-refractivity contribution < 1.29 is 23.9 Å². The number of hydrogen-bond acceptors (Lipinski definition) is 5. The lowest BCUT2D eigenvalue weighted by Crippen LogP contribution is -2.31. The summed E-state index contributed by atoms with van der Waals surface area (Å²) in [5, 5.41) is 5.52. The molecule has 1 aromatic carbocycles. The number of carbonyl (C=O) groups is 3. The van der Waals surface area contributed by atoms with Crippen LogP contribution in [-0.2, 0) is 19.1 Å². The van der Waals surface area contributed by atoms with E-state index in [-0.39, 0.29) is 30.8 Å². The predicted octanol–water partition coefficient (Wildman–Crippen LogP) is 1.88. The summed E-state index contributed by atoms with van der Waals surface area (Å²) in [5.74, 6) is -0.914. The van der Waals surface area contributed by atoms with E-state index in [0.29, 0.717) is 24.4 Å². The number of amides is 2. The van der Waals surface area contributed by atoms with Gasteiger partial charge in [0.25, 0.3) is 5.91 Å². The summed E-state index contributed by atoms with van der Waals surface area (Å²) in [4.78, 5) is 35.3. The van der Waals surface area contributed by atoms with Crippen molar-refractivity contribution in [2.45, 2.75) is 38.7 Å². The van der Waals surface area contributed by atoms with Crippen molar-refractivity contribution in [3.8, 4) is 0 Å². The first-order valence-corrected chi connectivity index (χ1v) is 8.54. The van der Waals surface area contributed by atoms with E-state index in [2.05, 4.69) is 10.6 Å². The summed E-state index contributed by atoms with van der Waals surface area (Å²) >= 11 is 0. The zero-order chi connectivity index (χ0) is 18.1. The van der Waals surface area contributed by atoms with Gasteiger partial charge in [0.15, 0.2) is 0 Å². The fraction of sp³-hybridized carbons (Fsp3) is 0.500. The van der Waals surface area contributed by atoms with Gasteiger partial charge < -0.3 is 20.1 Å². The molecule has 0 aliphatic carbocycles. The number of nitrogens with one attached hydrogen (secondary N) is 2. The van der Waals surface area contributed by atoms with Crippen molar-refractivity contribution in [1.29, 1.82) is 0 Å². The minimum atomic E-state index is -0.403. The van der Waals surface area contributed by atoms with E-state index >= 15 is 0 Å². The molecule has 25 heavy (non-hydrogen) atoms. The highest BCUT2D eigenvalue weighted by Crippen LogP contribution is 2.13. The number of carbonyl (C=O) groups excluding carboxylic acids is 3. The SMILES string of the molecule is CCOC(=O)CCC(=O)Nc1cccc(C(=O)NC[C@H]2CCCO2)c1. The van der Waals surface area contributed by atoms with E-state index in [1.807, 2.05) is 0 Å². The molecular weight excluding hydrogens is 324 g/mol. The Morgan fingerprint density at radius 2 is 2.12 bits per heavy atom. The second-order valence-corrected chi connectivity index (χ2v) is 5.78. The number of benzene rings is 1. The molecule has 1 aliphatic rings. The molecule has 0 unspecified atom stereocenters. The zero-order valence-corrected chi connectivity index (χ0v) is 14.4. The van der Waals surface area contributed by atoms with Crippen LogP contribution in [0.25, 0.3) is 0 Å². The number of esters is 1. The number of anilines is 1. The van der Waals surface area contributed by atoms with Gasteiger partial charge in [-0.3, -0.25) is 14.4 Å². The van der Waals surface area contributed by atoms with Gasteiger partial charge in [0, 0.05) is 30.8 Å². The van der Waals surface area contributed by atoms with Crippen LogP contribution in [0.1, 0.15) is 43.0 Å². The molecule has 1 aliphatic heterocycles. The highest BCUT2D eigenvalue weighted by molar-refractivity contribution is 5.97. The molecule has 7 nitrogen and oxygen atoms in total. The average Bonchev–Trinajstić information content (AvgIpc) is 3.12. The molecule has 1 fully saturated rings. The first-order valence-electron chi connectivity index (χ1n) is 8.54. The summed E-state index contributed by atoms with van der Waals surface area (Å²) in [6.45, 7) is 3.24. The van der Waals surface area contributed by atoms with E-state index in [1.54, 1.807) is 31.2 Å². The van der Waals surface area contributed by atoms with Crippen LogP contribution in [0, 0.1) is 0 Å². The molecule has 0 spiro atoms. The Kier molecular flexibility index (Phi) is 7.40. The van der Waals surface area contributed by atoms with Crippen LogP contribution in [0.15, 0.2) is 24.3 Å². The zero-order valence-electron chi connectivity index (χ0n) is 14.4. The Balaban J connectivity index is 1.81. The molecule has 1 aromatic rings. The van der Waals surface area contributed by atoms with Gasteiger partial charge in [0.05, 0.1) is 19.1 Å². The summed E-state index contributed by atoms with van der Waals surface area (Å²) in [6, 6.07) is 6.67. The van der Waals surface area contributed by atoms with Gasteiger partial charge in [-0.05, 0) is 38.0 Å². The molecule has 1 heterocycles. The fourth-order valence-electron chi connectivity index (χ4n) is 2.52. The Morgan fingerprint density at radius 1 is 1.28 bits per heavy atom. The molecule has 136 valence electrons. The standard InChI is InChI=1S/C18H24N2O5/c1-2-24-17(22)9-8-16(21)20-14-6-3-5-13(11-14)18(23)19-12-15-7-4-10-25-15/h3,5-6,11,15H,2,4,7-10,12H2,1H3,(H,19,23)(H,20,21)/t15-/m1/s1. The molecule has 7 heteroatoms.